The molecule has 3 atom stereocenters. The van der Waals surface area contributed by atoms with Gasteiger partial charge in [-0.25, -0.2) is 4.98 Å². The third-order valence-corrected chi connectivity index (χ3v) is 5.52. The highest BCUT2D eigenvalue weighted by Gasteiger charge is 2.43. The van der Waals surface area contributed by atoms with Gasteiger partial charge in [0.2, 0.25) is 0 Å². The van der Waals surface area contributed by atoms with E-state index in [1.165, 1.54) is 31.7 Å². The molecule has 0 bridgehead atoms. The second-order valence-electron chi connectivity index (χ2n) is 5.81. The van der Waals surface area contributed by atoms with Crippen molar-refractivity contribution in [2.45, 2.75) is 25.9 Å². The van der Waals surface area contributed by atoms with Gasteiger partial charge in [0.1, 0.15) is 0 Å². The minimum absolute atomic E-state index is 0.736. The van der Waals surface area contributed by atoms with Gasteiger partial charge < -0.3 is 5.32 Å². The maximum atomic E-state index is 4.72. The molecule has 0 aromatic carbocycles. The Morgan fingerprint density at radius 2 is 2.42 bits per heavy atom. The van der Waals surface area contributed by atoms with E-state index in [0.29, 0.717) is 0 Å². The average molecular weight is 276 g/mol. The molecule has 1 N–H and O–H groups in total. The van der Waals surface area contributed by atoms with Gasteiger partial charge in [0, 0.05) is 36.9 Å². The van der Waals surface area contributed by atoms with Crippen LogP contribution in [-0.4, -0.2) is 40.0 Å². The van der Waals surface area contributed by atoms with Crippen LogP contribution in [0, 0.1) is 11.8 Å². The summed E-state index contributed by atoms with van der Waals surface area (Å²) in [5.41, 5.74) is 1.22. The molecule has 0 aliphatic carbocycles. The van der Waals surface area contributed by atoms with Crippen molar-refractivity contribution in [3.8, 4) is 0 Å². The van der Waals surface area contributed by atoms with Gasteiger partial charge in [-0.15, -0.1) is 11.3 Å². The van der Waals surface area contributed by atoms with E-state index in [2.05, 4.69) is 39.3 Å². The number of likely N-dealkylation sites (tertiary alicyclic amines) is 1. The number of nitrogens with one attached hydrogen (secondary N) is 1. The van der Waals surface area contributed by atoms with Crippen molar-refractivity contribution < 1.29 is 0 Å². The summed E-state index contributed by atoms with van der Waals surface area (Å²) in [6.07, 6.45) is 5.53. The topological polar surface area (TPSA) is 32.6 Å². The van der Waals surface area contributed by atoms with Crippen LogP contribution in [0.5, 0.6) is 0 Å². The Kier molecular flexibility index (Phi) is 2.86. The van der Waals surface area contributed by atoms with Crippen molar-refractivity contribution in [1.29, 1.82) is 0 Å². The van der Waals surface area contributed by atoms with Gasteiger partial charge >= 0.3 is 0 Å². The second-order valence-corrected chi connectivity index (χ2v) is 6.69. The Hall–Kier alpha value is -0.910. The van der Waals surface area contributed by atoms with Crippen LogP contribution in [0.1, 0.15) is 19.0 Å². The van der Waals surface area contributed by atoms with Crippen molar-refractivity contribution in [1.82, 2.24) is 19.6 Å². The number of fused-ring (bicyclic) bond motifs is 2. The van der Waals surface area contributed by atoms with Crippen LogP contribution >= 0.6 is 11.3 Å². The maximum Gasteiger partial charge on any atom is 0.193 e. The van der Waals surface area contributed by atoms with E-state index < -0.39 is 0 Å². The van der Waals surface area contributed by atoms with E-state index in [1.54, 1.807) is 11.3 Å². The van der Waals surface area contributed by atoms with Gasteiger partial charge in [0.25, 0.3) is 0 Å². The maximum absolute atomic E-state index is 4.72. The van der Waals surface area contributed by atoms with E-state index in [-0.39, 0.29) is 0 Å². The Labute approximate surface area is 117 Å². The zero-order valence-corrected chi connectivity index (χ0v) is 12.1. The predicted molar refractivity (Wildman–Crippen MR) is 77.4 cm³/mol. The summed E-state index contributed by atoms with van der Waals surface area (Å²) in [5.74, 6) is 1.71. The highest BCUT2D eigenvalue weighted by molar-refractivity contribution is 7.15. The fourth-order valence-electron chi connectivity index (χ4n) is 3.91. The zero-order valence-electron chi connectivity index (χ0n) is 11.2. The highest BCUT2D eigenvalue weighted by Crippen LogP contribution is 2.35. The summed E-state index contributed by atoms with van der Waals surface area (Å²) in [7, 11) is 0. The monoisotopic (exact) mass is 276 g/mol. The fraction of sp³-hybridized carbons (Fsp3) is 0.643. The Morgan fingerprint density at radius 3 is 3.26 bits per heavy atom. The van der Waals surface area contributed by atoms with Gasteiger partial charge in [-0.1, -0.05) is 6.92 Å². The first-order valence-corrected chi connectivity index (χ1v) is 8.09. The molecule has 2 fully saturated rings. The first-order valence-electron chi connectivity index (χ1n) is 7.21. The molecule has 0 amide bonds. The van der Waals surface area contributed by atoms with E-state index in [4.69, 9.17) is 4.98 Å². The minimum atomic E-state index is 0.736. The average Bonchev–Trinajstić information content (AvgIpc) is 3.07. The summed E-state index contributed by atoms with van der Waals surface area (Å²) in [6.45, 7) is 6.99. The van der Waals surface area contributed by atoms with Gasteiger partial charge in [-0.3, -0.25) is 9.30 Å². The molecule has 19 heavy (non-hydrogen) atoms. The summed E-state index contributed by atoms with van der Waals surface area (Å²) in [5, 5.41) is 5.64. The van der Waals surface area contributed by atoms with Gasteiger partial charge in [0.15, 0.2) is 4.96 Å². The van der Waals surface area contributed by atoms with Gasteiger partial charge in [0.05, 0.1) is 5.69 Å². The lowest BCUT2D eigenvalue weighted by molar-refractivity contribution is 0.208. The molecule has 4 rings (SSSR count). The Balaban J connectivity index is 1.54. The molecule has 2 aliphatic rings. The number of rotatable bonds is 3. The van der Waals surface area contributed by atoms with Crippen LogP contribution in [-0.2, 0) is 6.54 Å². The molecule has 0 spiro atoms. The lowest BCUT2D eigenvalue weighted by Crippen LogP contribution is -2.34. The van der Waals surface area contributed by atoms with E-state index in [0.717, 1.165) is 29.4 Å². The summed E-state index contributed by atoms with van der Waals surface area (Å²) >= 11 is 1.71. The number of aromatic nitrogens is 2. The number of thiazole rings is 1. The van der Waals surface area contributed by atoms with E-state index >= 15 is 0 Å². The first kappa shape index (κ1) is 11.9. The molecule has 2 aromatic rings. The SMILES string of the molecule is CCC1C2CNCC2CN1Cc1cn2ccsc2n1. The molecule has 102 valence electrons. The van der Waals surface area contributed by atoms with Crippen LogP contribution in [0.2, 0.25) is 0 Å². The van der Waals surface area contributed by atoms with E-state index in [9.17, 15) is 0 Å². The Bertz CT molecular complexity index is 546. The van der Waals surface area contributed by atoms with Crippen LogP contribution in [0.4, 0.5) is 0 Å². The molecule has 2 saturated heterocycles. The third-order valence-electron chi connectivity index (χ3n) is 4.75. The highest BCUT2D eigenvalue weighted by atomic mass is 32.1. The zero-order chi connectivity index (χ0) is 12.8. The largest absolute Gasteiger partial charge is 0.316 e. The molecule has 2 aromatic heterocycles. The van der Waals surface area contributed by atoms with Crippen molar-refractivity contribution in [3.05, 3.63) is 23.5 Å². The van der Waals surface area contributed by atoms with Crippen molar-refractivity contribution >= 4 is 16.3 Å². The fourth-order valence-corrected chi connectivity index (χ4v) is 4.63. The molecule has 2 aliphatic heterocycles. The van der Waals surface area contributed by atoms with Crippen molar-refractivity contribution in [2.24, 2.45) is 11.8 Å². The summed E-state index contributed by atoms with van der Waals surface area (Å²) < 4.78 is 2.14. The number of nitrogens with zero attached hydrogens (tertiary/aromatic N) is 3. The molecule has 0 radical (unpaired) electrons. The van der Waals surface area contributed by atoms with Gasteiger partial charge in [-0.2, -0.15) is 0 Å². The molecular weight excluding hydrogens is 256 g/mol. The Morgan fingerprint density at radius 1 is 1.47 bits per heavy atom. The summed E-state index contributed by atoms with van der Waals surface area (Å²) in [4.78, 5) is 8.49. The molecule has 0 saturated carbocycles. The van der Waals surface area contributed by atoms with Crippen LogP contribution < -0.4 is 5.32 Å². The number of hydrogen-bond acceptors (Lipinski definition) is 4. The predicted octanol–water partition coefficient (Wildman–Crippen LogP) is 1.83. The summed E-state index contributed by atoms with van der Waals surface area (Å²) in [6, 6.07) is 0.736. The smallest absolute Gasteiger partial charge is 0.193 e. The number of imidazole rings is 1. The van der Waals surface area contributed by atoms with E-state index in [1.807, 2.05) is 0 Å². The third kappa shape index (κ3) is 1.91. The molecule has 3 unspecified atom stereocenters. The van der Waals surface area contributed by atoms with Crippen LogP contribution in [0.25, 0.3) is 4.96 Å². The standard InChI is InChI=1S/C14H20N4S/c1-2-13-12-6-15-5-10(12)7-18(13)9-11-8-17-3-4-19-14(17)16-11/h3-4,8,10,12-13,15H,2,5-7,9H2,1H3. The second kappa shape index (κ2) is 4.58. The molecule has 5 heteroatoms. The molecule has 4 heterocycles. The quantitative estimate of drug-likeness (QED) is 0.928. The van der Waals surface area contributed by atoms with Crippen LogP contribution in [0.15, 0.2) is 17.8 Å². The first-order chi connectivity index (χ1) is 9.35. The molecular formula is C14H20N4S. The lowest BCUT2D eigenvalue weighted by Gasteiger charge is -2.25. The minimum Gasteiger partial charge on any atom is -0.316 e. The number of hydrogen-bond donors (Lipinski definition) is 1. The van der Waals surface area contributed by atoms with Gasteiger partial charge in [-0.05, 0) is 31.3 Å². The molecule has 4 nitrogen and oxygen atoms in total. The van der Waals surface area contributed by atoms with Crippen molar-refractivity contribution in [2.75, 3.05) is 19.6 Å². The van der Waals surface area contributed by atoms with Crippen LogP contribution in [0.3, 0.4) is 0 Å². The van der Waals surface area contributed by atoms with Crippen molar-refractivity contribution in [3.63, 3.8) is 0 Å². The normalized spacial score (nSPS) is 31.3. The lowest BCUT2D eigenvalue weighted by atomic mass is 9.93.